The number of hydrogen-bond acceptors (Lipinski definition) is 3. The minimum absolute atomic E-state index is 0.256. The van der Waals surface area contributed by atoms with Crippen molar-refractivity contribution in [3.63, 3.8) is 0 Å². The molecule has 1 aliphatic rings. The summed E-state index contributed by atoms with van der Waals surface area (Å²) in [4.78, 5) is 5.38. The maximum Gasteiger partial charge on any atom is 0.217 e. The highest BCUT2D eigenvalue weighted by Crippen LogP contribution is 2.43. The van der Waals surface area contributed by atoms with Crippen molar-refractivity contribution in [2.24, 2.45) is 4.99 Å². The Morgan fingerprint density at radius 2 is 0.902 bits per heavy atom. The van der Waals surface area contributed by atoms with E-state index in [2.05, 4.69) is 182 Å². The summed E-state index contributed by atoms with van der Waals surface area (Å²) < 4.78 is 14.3. The van der Waals surface area contributed by atoms with Crippen LogP contribution in [-0.2, 0) is 15.1 Å². The second-order valence-electron chi connectivity index (χ2n) is 12.6. The number of hydrogen-bond donors (Lipinski definition) is 0. The van der Waals surface area contributed by atoms with Crippen molar-refractivity contribution in [2.75, 3.05) is 6.61 Å². The highest BCUT2D eigenvalue weighted by atomic mass is 31.1. The first kappa shape index (κ1) is 32.6. The van der Waals surface area contributed by atoms with Gasteiger partial charge in [-0.1, -0.05) is 200 Å². The SMILES string of the molecule is c1ccc([C@H]2N=C(c3ccccc3P(c3ccccc3)c3ccccc3)O[C@@H]2COC(c2ccccc2)(c2ccccc2)c2ccccc2)cc1. The summed E-state index contributed by atoms with van der Waals surface area (Å²) in [5, 5.41) is 3.77. The zero-order valence-electron chi connectivity index (χ0n) is 28.2. The van der Waals surface area contributed by atoms with Crippen LogP contribution in [0.3, 0.4) is 0 Å². The van der Waals surface area contributed by atoms with Gasteiger partial charge in [-0.15, -0.1) is 0 Å². The number of ether oxygens (including phenoxy) is 2. The maximum absolute atomic E-state index is 7.33. The molecule has 0 radical (unpaired) electrons. The standard InChI is InChI=1S/C47H38NO2P/c1-7-21-36(22-8-1)45-43(35-49-47(37-23-9-2-10-24-37,38-25-11-3-12-26-38)39-27-13-4-14-28-39)50-46(48-45)42-33-19-20-34-44(42)51(40-29-15-5-16-30-40)41-31-17-6-18-32-41/h1-34,43,45H,35H2/t43-,45-/m1/s1. The van der Waals surface area contributed by atoms with Crippen molar-refractivity contribution in [3.8, 4) is 0 Å². The van der Waals surface area contributed by atoms with Gasteiger partial charge in [-0.25, -0.2) is 4.99 Å². The summed E-state index contributed by atoms with van der Waals surface area (Å²) in [5.41, 5.74) is 4.40. The largest absolute Gasteiger partial charge is 0.469 e. The Balaban J connectivity index is 1.21. The average Bonchev–Trinajstić information content (AvgIpc) is 3.65. The molecule has 0 unspecified atom stereocenters. The average molecular weight is 680 g/mol. The summed E-state index contributed by atoms with van der Waals surface area (Å²) in [6.45, 7) is 0.305. The molecule has 7 aromatic carbocycles. The first-order valence-electron chi connectivity index (χ1n) is 17.4. The van der Waals surface area contributed by atoms with Crippen LogP contribution in [0.2, 0.25) is 0 Å². The van der Waals surface area contributed by atoms with Crippen LogP contribution in [-0.4, -0.2) is 18.6 Å². The third-order valence-corrected chi connectivity index (χ3v) is 11.9. The molecular weight excluding hydrogens is 641 g/mol. The van der Waals surface area contributed by atoms with Crippen molar-refractivity contribution in [1.29, 1.82) is 0 Å². The number of benzene rings is 7. The fraction of sp³-hybridized carbons (Fsp3) is 0.0851. The van der Waals surface area contributed by atoms with Crippen LogP contribution < -0.4 is 15.9 Å². The lowest BCUT2D eigenvalue weighted by molar-refractivity contribution is -0.0337. The molecule has 0 fully saturated rings. The zero-order valence-corrected chi connectivity index (χ0v) is 29.1. The van der Waals surface area contributed by atoms with Gasteiger partial charge in [0.05, 0.1) is 6.61 Å². The Morgan fingerprint density at radius 3 is 1.39 bits per heavy atom. The van der Waals surface area contributed by atoms with Crippen LogP contribution in [0.25, 0.3) is 0 Å². The highest BCUT2D eigenvalue weighted by Gasteiger charge is 2.41. The summed E-state index contributed by atoms with van der Waals surface area (Å²) in [6, 6.07) is 71.9. The molecule has 0 bridgehead atoms. The molecule has 8 rings (SSSR count). The summed E-state index contributed by atoms with van der Waals surface area (Å²) >= 11 is 0. The molecule has 0 N–H and O–H groups in total. The quantitative estimate of drug-likeness (QED) is 0.101. The van der Waals surface area contributed by atoms with Gasteiger partial charge in [0.1, 0.15) is 11.6 Å². The molecule has 1 aliphatic heterocycles. The lowest BCUT2D eigenvalue weighted by atomic mass is 9.80. The fourth-order valence-electron chi connectivity index (χ4n) is 7.05. The molecular formula is C47H38NO2P. The minimum Gasteiger partial charge on any atom is -0.469 e. The summed E-state index contributed by atoms with van der Waals surface area (Å²) in [5.74, 6) is 0.650. The zero-order chi connectivity index (χ0) is 34.3. The van der Waals surface area contributed by atoms with E-state index in [0.717, 1.165) is 27.8 Å². The Morgan fingerprint density at radius 1 is 0.490 bits per heavy atom. The van der Waals surface area contributed by atoms with Crippen LogP contribution >= 0.6 is 7.92 Å². The molecule has 0 spiro atoms. The van der Waals surface area contributed by atoms with Crippen LogP contribution in [0.4, 0.5) is 0 Å². The first-order valence-corrected chi connectivity index (χ1v) is 18.7. The van der Waals surface area contributed by atoms with Gasteiger partial charge < -0.3 is 9.47 Å². The summed E-state index contributed by atoms with van der Waals surface area (Å²) in [7, 11) is -0.875. The van der Waals surface area contributed by atoms with Crippen molar-refractivity contribution in [1.82, 2.24) is 0 Å². The lowest BCUT2D eigenvalue weighted by Crippen LogP contribution is -2.37. The predicted octanol–water partition coefficient (Wildman–Crippen LogP) is 9.34. The van der Waals surface area contributed by atoms with E-state index in [1.54, 1.807) is 0 Å². The molecule has 3 nitrogen and oxygen atoms in total. The lowest BCUT2D eigenvalue weighted by Gasteiger charge is -2.37. The smallest absolute Gasteiger partial charge is 0.217 e. The second kappa shape index (κ2) is 15.1. The van der Waals surface area contributed by atoms with E-state index in [-0.39, 0.29) is 12.1 Å². The Bertz CT molecular complexity index is 2040. The third kappa shape index (κ3) is 6.67. The molecule has 0 amide bonds. The van der Waals surface area contributed by atoms with E-state index >= 15 is 0 Å². The molecule has 1 heterocycles. The summed E-state index contributed by atoms with van der Waals surface area (Å²) in [6.07, 6.45) is -0.370. The first-order chi connectivity index (χ1) is 25.3. The topological polar surface area (TPSA) is 30.8 Å². The molecule has 248 valence electrons. The van der Waals surface area contributed by atoms with E-state index in [9.17, 15) is 0 Å². The van der Waals surface area contributed by atoms with Gasteiger partial charge in [0.15, 0.2) is 6.10 Å². The normalized spacial score (nSPS) is 15.7. The van der Waals surface area contributed by atoms with Gasteiger partial charge in [-0.05, 0) is 52.2 Å². The third-order valence-electron chi connectivity index (χ3n) is 9.42. The molecule has 0 saturated carbocycles. The maximum atomic E-state index is 7.33. The Hall–Kier alpha value is -5.60. The van der Waals surface area contributed by atoms with E-state index in [1.165, 1.54) is 15.9 Å². The van der Waals surface area contributed by atoms with Gasteiger partial charge in [0.2, 0.25) is 5.90 Å². The number of nitrogens with zero attached hydrogens (tertiary/aromatic N) is 1. The van der Waals surface area contributed by atoms with Crippen molar-refractivity contribution in [2.45, 2.75) is 17.7 Å². The van der Waals surface area contributed by atoms with Crippen molar-refractivity contribution < 1.29 is 9.47 Å². The minimum atomic E-state index is -0.875. The number of rotatable bonds is 11. The molecule has 2 atom stereocenters. The van der Waals surface area contributed by atoms with Crippen molar-refractivity contribution >= 4 is 29.7 Å². The monoisotopic (exact) mass is 679 g/mol. The van der Waals surface area contributed by atoms with E-state index in [0.29, 0.717) is 12.5 Å². The van der Waals surface area contributed by atoms with Crippen LogP contribution in [0.1, 0.15) is 33.9 Å². The molecule has 0 aromatic heterocycles. The van der Waals surface area contributed by atoms with Crippen molar-refractivity contribution in [3.05, 3.63) is 234 Å². The predicted molar refractivity (Wildman–Crippen MR) is 211 cm³/mol. The van der Waals surface area contributed by atoms with Gasteiger partial charge in [0.25, 0.3) is 0 Å². The van der Waals surface area contributed by atoms with Gasteiger partial charge >= 0.3 is 0 Å². The molecule has 51 heavy (non-hydrogen) atoms. The van der Waals surface area contributed by atoms with E-state index in [1.807, 2.05) is 24.3 Å². The van der Waals surface area contributed by atoms with Crippen LogP contribution in [0.15, 0.2) is 211 Å². The Kier molecular flexibility index (Phi) is 9.66. The molecule has 0 saturated heterocycles. The van der Waals surface area contributed by atoms with Crippen LogP contribution in [0.5, 0.6) is 0 Å². The van der Waals surface area contributed by atoms with Crippen LogP contribution in [0, 0.1) is 0 Å². The molecule has 4 heteroatoms. The highest BCUT2D eigenvalue weighted by molar-refractivity contribution is 7.80. The molecule has 7 aromatic rings. The number of aliphatic imine (C=N–C) groups is 1. The van der Waals surface area contributed by atoms with Gasteiger partial charge in [0, 0.05) is 5.56 Å². The second-order valence-corrected chi connectivity index (χ2v) is 14.7. The Labute approximate surface area is 301 Å². The fourth-order valence-corrected chi connectivity index (χ4v) is 9.49. The van der Waals surface area contributed by atoms with E-state index in [4.69, 9.17) is 14.5 Å². The van der Waals surface area contributed by atoms with Gasteiger partial charge in [-0.3, -0.25) is 0 Å². The molecule has 0 aliphatic carbocycles. The van der Waals surface area contributed by atoms with E-state index < -0.39 is 13.5 Å². The van der Waals surface area contributed by atoms with Gasteiger partial charge in [-0.2, -0.15) is 0 Å².